The summed E-state index contributed by atoms with van der Waals surface area (Å²) in [5.74, 6) is 0.799. The normalized spacial score (nSPS) is 18.8. The van der Waals surface area contributed by atoms with Gasteiger partial charge in [0.1, 0.15) is 17.1 Å². The van der Waals surface area contributed by atoms with E-state index in [2.05, 4.69) is 10.3 Å². The number of fused-ring (bicyclic) bond motifs is 1. The molecule has 0 aromatic carbocycles. The molecule has 0 amide bonds. The van der Waals surface area contributed by atoms with Crippen molar-refractivity contribution in [3.8, 4) is 5.75 Å². The molecule has 1 aliphatic heterocycles. The van der Waals surface area contributed by atoms with Crippen LogP contribution in [0, 0.1) is 5.92 Å². The van der Waals surface area contributed by atoms with Crippen LogP contribution in [0.5, 0.6) is 5.75 Å². The van der Waals surface area contributed by atoms with E-state index in [4.69, 9.17) is 4.74 Å². The van der Waals surface area contributed by atoms with Crippen molar-refractivity contribution in [1.29, 1.82) is 0 Å². The number of nitrogens with zero attached hydrogens (tertiary/aromatic N) is 2. The van der Waals surface area contributed by atoms with Gasteiger partial charge in [0.05, 0.1) is 7.11 Å². The predicted octanol–water partition coefficient (Wildman–Crippen LogP) is 1.58. The molecule has 21 heavy (non-hydrogen) atoms. The number of aromatic nitrogens is 2. The van der Waals surface area contributed by atoms with E-state index in [0.29, 0.717) is 17.2 Å². The molecule has 6 heteroatoms. The first-order chi connectivity index (χ1) is 10.2. The number of pyridine rings is 1. The topological polar surface area (TPSA) is 75.9 Å². The van der Waals surface area contributed by atoms with Crippen molar-refractivity contribution in [3.63, 3.8) is 0 Å². The van der Waals surface area contributed by atoms with E-state index in [0.717, 1.165) is 38.2 Å². The Kier molecular flexibility index (Phi) is 3.79. The number of rotatable bonds is 4. The summed E-state index contributed by atoms with van der Waals surface area (Å²) in [6.45, 7) is 2.02. The lowest BCUT2D eigenvalue weighted by Gasteiger charge is -2.22. The van der Waals surface area contributed by atoms with E-state index >= 15 is 0 Å². The Hall–Kier alpha value is -2.08. The molecular formula is C15H19N3O3. The number of hydrogen-bond donors (Lipinski definition) is 2. The van der Waals surface area contributed by atoms with Gasteiger partial charge in [0.25, 0.3) is 0 Å². The molecule has 1 unspecified atom stereocenters. The lowest BCUT2D eigenvalue weighted by Crippen LogP contribution is -2.31. The summed E-state index contributed by atoms with van der Waals surface area (Å²) in [4.78, 5) is 15.8. The first-order valence-electron chi connectivity index (χ1n) is 7.18. The molecule has 3 heterocycles. The van der Waals surface area contributed by atoms with Crippen LogP contribution in [0.1, 0.15) is 29.2 Å². The number of nitrogens with one attached hydrogen (secondary N) is 1. The summed E-state index contributed by atoms with van der Waals surface area (Å²) in [6.07, 6.45) is 4.93. The van der Waals surface area contributed by atoms with Crippen molar-refractivity contribution in [3.05, 3.63) is 29.8 Å². The van der Waals surface area contributed by atoms with E-state index in [-0.39, 0.29) is 5.69 Å². The fourth-order valence-corrected chi connectivity index (χ4v) is 2.98. The average Bonchev–Trinajstić information content (AvgIpc) is 2.87. The molecule has 0 bridgehead atoms. The first-order valence-corrected chi connectivity index (χ1v) is 7.18. The SMILES string of the molecule is COc1cccn2c(CC3CCCNC3)nc(C(=O)O)c12. The number of carboxylic acid groups (broad SMARTS) is 1. The van der Waals surface area contributed by atoms with Gasteiger partial charge in [0.2, 0.25) is 0 Å². The molecule has 1 aliphatic rings. The Labute approximate surface area is 122 Å². The highest BCUT2D eigenvalue weighted by atomic mass is 16.5. The van der Waals surface area contributed by atoms with Gasteiger partial charge < -0.3 is 15.2 Å². The van der Waals surface area contributed by atoms with Crippen molar-refractivity contribution in [1.82, 2.24) is 14.7 Å². The maximum Gasteiger partial charge on any atom is 0.356 e. The largest absolute Gasteiger partial charge is 0.494 e. The number of imidazole rings is 1. The van der Waals surface area contributed by atoms with Crippen LogP contribution in [0.3, 0.4) is 0 Å². The second-order valence-corrected chi connectivity index (χ2v) is 5.39. The summed E-state index contributed by atoms with van der Waals surface area (Å²) in [6, 6.07) is 3.61. The molecule has 0 aliphatic carbocycles. The molecule has 2 aromatic rings. The Morgan fingerprint density at radius 1 is 1.62 bits per heavy atom. The summed E-state index contributed by atoms with van der Waals surface area (Å²) in [7, 11) is 1.54. The zero-order valence-corrected chi connectivity index (χ0v) is 12.0. The highest BCUT2D eigenvalue weighted by Crippen LogP contribution is 2.26. The molecular weight excluding hydrogens is 270 g/mol. The van der Waals surface area contributed by atoms with Gasteiger partial charge in [-0.1, -0.05) is 0 Å². The van der Waals surface area contributed by atoms with Crippen molar-refractivity contribution in [2.24, 2.45) is 5.92 Å². The molecule has 1 fully saturated rings. The molecule has 1 atom stereocenters. The zero-order valence-electron chi connectivity index (χ0n) is 12.0. The van der Waals surface area contributed by atoms with Gasteiger partial charge in [-0.3, -0.25) is 4.40 Å². The maximum atomic E-state index is 11.4. The first kappa shape index (κ1) is 13.9. The van der Waals surface area contributed by atoms with Gasteiger partial charge >= 0.3 is 5.97 Å². The van der Waals surface area contributed by atoms with Crippen LogP contribution in [0.15, 0.2) is 18.3 Å². The van der Waals surface area contributed by atoms with E-state index < -0.39 is 5.97 Å². The fourth-order valence-electron chi connectivity index (χ4n) is 2.98. The number of methoxy groups -OCH3 is 1. The van der Waals surface area contributed by atoms with Crippen molar-refractivity contribution in [2.45, 2.75) is 19.3 Å². The molecule has 2 N–H and O–H groups in total. The number of piperidine rings is 1. The minimum atomic E-state index is -1.02. The quantitative estimate of drug-likeness (QED) is 0.894. The van der Waals surface area contributed by atoms with E-state index in [1.165, 1.54) is 0 Å². The molecule has 1 saturated heterocycles. The average molecular weight is 289 g/mol. The van der Waals surface area contributed by atoms with Crippen LogP contribution < -0.4 is 10.1 Å². The van der Waals surface area contributed by atoms with Crippen molar-refractivity contribution in [2.75, 3.05) is 20.2 Å². The number of carboxylic acids is 1. The molecule has 3 rings (SSSR count). The lowest BCUT2D eigenvalue weighted by molar-refractivity contribution is 0.0693. The molecule has 2 aromatic heterocycles. The molecule has 6 nitrogen and oxygen atoms in total. The minimum absolute atomic E-state index is 0.0613. The van der Waals surface area contributed by atoms with Gasteiger partial charge in [-0.05, 0) is 44.0 Å². The Bertz CT molecular complexity index is 659. The summed E-state index contributed by atoms with van der Waals surface area (Å²) in [5.41, 5.74) is 0.595. The molecule has 0 spiro atoms. The number of ether oxygens (including phenoxy) is 1. The molecule has 0 saturated carbocycles. The monoisotopic (exact) mass is 289 g/mol. The number of hydrogen-bond acceptors (Lipinski definition) is 4. The van der Waals surface area contributed by atoms with Gasteiger partial charge in [-0.15, -0.1) is 0 Å². The predicted molar refractivity (Wildman–Crippen MR) is 78.0 cm³/mol. The smallest absolute Gasteiger partial charge is 0.356 e. The third-order valence-corrected chi connectivity index (χ3v) is 3.99. The van der Waals surface area contributed by atoms with Crippen LogP contribution in [0.2, 0.25) is 0 Å². The lowest BCUT2D eigenvalue weighted by atomic mass is 9.96. The third-order valence-electron chi connectivity index (χ3n) is 3.99. The standard InChI is InChI=1S/C15H19N3O3/c1-21-11-5-3-7-18-12(8-10-4-2-6-16-9-10)17-13(14(11)18)15(19)20/h3,5,7,10,16H,2,4,6,8-9H2,1H3,(H,19,20). The van der Waals surface area contributed by atoms with E-state index in [9.17, 15) is 9.90 Å². The zero-order chi connectivity index (χ0) is 14.8. The third kappa shape index (κ3) is 2.58. The van der Waals surface area contributed by atoms with Crippen molar-refractivity contribution >= 4 is 11.5 Å². The summed E-state index contributed by atoms with van der Waals surface area (Å²) < 4.78 is 7.13. The summed E-state index contributed by atoms with van der Waals surface area (Å²) >= 11 is 0. The maximum absolute atomic E-state index is 11.4. The van der Waals surface area contributed by atoms with Gasteiger partial charge in [0.15, 0.2) is 5.69 Å². The Morgan fingerprint density at radius 2 is 2.48 bits per heavy atom. The summed E-state index contributed by atoms with van der Waals surface area (Å²) in [5, 5.41) is 12.8. The van der Waals surface area contributed by atoms with Crippen LogP contribution in [0.25, 0.3) is 5.52 Å². The van der Waals surface area contributed by atoms with Crippen LogP contribution in [-0.4, -0.2) is 40.7 Å². The van der Waals surface area contributed by atoms with Gasteiger partial charge in [-0.2, -0.15) is 0 Å². The van der Waals surface area contributed by atoms with Crippen LogP contribution >= 0.6 is 0 Å². The minimum Gasteiger partial charge on any atom is -0.494 e. The number of carbonyl (C=O) groups is 1. The van der Waals surface area contributed by atoms with Crippen LogP contribution in [-0.2, 0) is 6.42 Å². The second kappa shape index (κ2) is 5.73. The number of aromatic carboxylic acids is 1. The van der Waals surface area contributed by atoms with Crippen LogP contribution in [0.4, 0.5) is 0 Å². The highest BCUT2D eigenvalue weighted by molar-refractivity contribution is 5.95. The van der Waals surface area contributed by atoms with E-state index in [1.54, 1.807) is 13.2 Å². The van der Waals surface area contributed by atoms with Gasteiger partial charge in [0, 0.05) is 12.6 Å². The molecule has 112 valence electrons. The highest BCUT2D eigenvalue weighted by Gasteiger charge is 2.22. The Balaban J connectivity index is 2.04. The fraction of sp³-hybridized carbons (Fsp3) is 0.467. The second-order valence-electron chi connectivity index (χ2n) is 5.39. The van der Waals surface area contributed by atoms with E-state index in [1.807, 2.05) is 16.7 Å². The Morgan fingerprint density at radius 3 is 3.14 bits per heavy atom. The molecule has 0 radical (unpaired) electrons. The van der Waals surface area contributed by atoms with Gasteiger partial charge in [-0.25, -0.2) is 9.78 Å². The van der Waals surface area contributed by atoms with Crippen molar-refractivity contribution < 1.29 is 14.6 Å².